The highest BCUT2D eigenvalue weighted by molar-refractivity contribution is 5.78. The van der Waals surface area contributed by atoms with Crippen LogP contribution in [0.3, 0.4) is 0 Å². The smallest absolute Gasteiger partial charge is 0.260 e. The molecule has 0 aliphatic carbocycles. The minimum Gasteiger partial charge on any atom is -0.483 e. The van der Waals surface area contributed by atoms with Crippen LogP contribution in [0.2, 0.25) is 0 Å². The van der Waals surface area contributed by atoms with Crippen molar-refractivity contribution in [3.05, 3.63) is 29.8 Å². The Kier molecular flexibility index (Phi) is 4.80. The molecule has 19 heavy (non-hydrogen) atoms. The molecule has 1 aromatic rings. The summed E-state index contributed by atoms with van der Waals surface area (Å²) in [5.41, 5.74) is 6.57. The molecule has 0 bridgehead atoms. The first-order chi connectivity index (χ1) is 9.24. The number of benzene rings is 1. The quantitative estimate of drug-likeness (QED) is 0.880. The van der Waals surface area contributed by atoms with E-state index in [4.69, 9.17) is 10.5 Å². The first-order valence-electron chi connectivity index (χ1n) is 6.93. The van der Waals surface area contributed by atoms with Crippen molar-refractivity contribution in [3.63, 3.8) is 0 Å². The lowest BCUT2D eigenvalue weighted by atomic mass is 10.1. The monoisotopic (exact) mass is 262 g/mol. The second-order valence-corrected chi connectivity index (χ2v) is 5.00. The Hall–Kier alpha value is -1.55. The van der Waals surface area contributed by atoms with Gasteiger partial charge in [0.25, 0.3) is 5.91 Å². The molecule has 104 valence electrons. The van der Waals surface area contributed by atoms with Crippen LogP contribution in [-0.2, 0) is 11.3 Å². The molecule has 0 radical (unpaired) electrons. The van der Waals surface area contributed by atoms with Gasteiger partial charge in [-0.3, -0.25) is 4.79 Å². The number of nitrogens with two attached hydrogens (primary N) is 1. The van der Waals surface area contributed by atoms with E-state index in [0.717, 1.165) is 31.5 Å². The highest BCUT2D eigenvalue weighted by Gasteiger charge is 2.25. The number of rotatable bonds is 5. The van der Waals surface area contributed by atoms with Gasteiger partial charge in [0.2, 0.25) is 0 Å². The Labute approximate surface area is 114 Å². The minimum absolute atomic E-state index is 0.0720. The van der Waals surface area contributed by atoms with Gasteiger partial charge < -0.3 is 15.4 Å². The first kappa shape index (κ1) is 13.9. The van der Waals surface area contributed by atoms with Crippen molar-refractivity contribution in [2.24, 2.45) is 11.7 Å². The molecule has 0 spiro atoms. The van der Waals surface area contributed by atoms with Crippen molar-refractivity contribution in [1.29, 1.82) is 0 Å². The summed E-state index contributed by atoms with van der Waals surface area (Å²) in [4.78, 5) is 14.0. The van der Waals surface area contributed by atoms with Crippen LogP contribution in [0.4, 0.5) is 0 Å². The van der Waals surface area contributed by atoms with E-state index >= 15 is 0 Å². The number of carbonyl (C=O) groups excluding carboxylic acids is 1. The number of likely N-dealkylation sites (tertiary alicyclic amines) is 1. The van der Waals surface area contributed by atoms with Crippen molar-refractivity contribution >= 4 is 5.91 Å². The molecule has 2 rings (SSSR count). The number of hydrogen-bond donors (Lipinski definition) is 1. The topological polar surface area (TPSA) is 55.6 Å². The van der Waals surface area contributed by atoms with E-state index in [9.17, 15) is 4.79 Å². The molecular weight excluding hydrogens is 240 g/mol. The molecular formula is C15H22N2O2. The summed E-state index contributed by atoms with van der Waals surface area (Å²) in [6.07, 6.45) is 2.25. The second-order valence-electron chi connectivity index (χ2n) is 5.00. The largest absolute Gasteiger partial charge is 0.483 e. The summed E-state index contributed by atoms with van der Waals surface area (Å²) in [6, 6.07) is 7.59. The van der Waals surface area contributed by atoms with E-state index in [1.54, 1.807) is 0 Å². The molecule has 1 atom stereocenters. The van der Waals surface area contributed by atoms with Crippen LogP contribution in [0.25, 0.3) is 0 Å². The average Bonchev–Trinajstić information content (AvgIpc) is 2.94. The van der Waals surface area contributed by atoms with E-state index < -0.39 is 0 Å². The van der Waals surface area contributed by atoms with Crippen molar-refractivity contribution in [2.75, 3.05) is 19.7 Å². The number of hydrogen-bond acceptors (Lipinski definition) is 3. The van der Waals surface area contributed by atoms with E-state index in [0.29, 0.717) is 18.2 Å². The highest BCUT2D eigenvalue weighted by atomic mass is 16.5. The second kappa shape index (κ2) is 6.57. The fraction of sp³-hybridized carbons (Fsp3) is 0.533. The number of amides is 1. The normalized spacial score (nSPS) is 18.6. The van der Waals surface area contributed by atoms with Crippen molar-refractivity contribution in [1.82, 2.24) is 4.90 Å². The van der Waals surface area contributed by atoms with E-state index in [2.05, 4.69) is 6.92 Å². The fourth-order valence-electron chi connectivity index (χ4n) is 2.44. The zero-order valence-corrected chi connectivity index (χ0v) is 11.5. The maximum atomic E-state index is 12.0. The third kappa shape index (κ3) is 3.47. The Morgan fingerprint density at radius 2 is 2.26 bits per heavy atom. The summed E-state index contributed by atoms with van der Waals surface area (Å²) in [5, 5.41) is 0. The zero-order valence-electron chi connectivity index (χ0n) is 11.5. The van der Waals surface area contributed by atoms with Gasteiger partial charge in [-0.1, -0.05) is 31.5 Å². The minimum atomic E-state index is 0.0720. The third-order valence-corrected chi connectivity index (χ3v) is 3.76. The van der Waals surface area contributed by atoms with Gasteiger partial charge in [-0.15, -0.1) is 0 Å². The molecule has 1 saturated heterocycles. The number of nitrogens with zero attached hydrogens (tertiary/aromatic N) is 1. The van der Waals surface area contributed by atoms with Crippen LogP contribution in [0.1, 0.15) is 25.3 Å². The highest BCUT2D eigenvalue weighted by Crippen LogP contribution is 2.20. The maximum absolute atomic E-state index is 12.0. The molecule has 1 unspecified atom stereocenters. The molecule has 1 aliphatic heterocycles. The Bertz CT molecular complexity index is 434. The van der Waals surface area contributed by atoms with Gasteiger partial charge in [-0.05, 0) is 18.4 Å². The molecule has 0 saturated carbocycles. The molecule has 1 amide bonds. The number of ether oxygens (including phenoxy) is 1. The average molecular weight is 262 g/mol. The standard InChI is InChI=1S/C15H22N2O2/c1-2-12-7-8-17(10-12)15(18)11-19-14-6-4-3-5-13(14)9-16/h3-6,12H,2,7-11,16H2,1H3. The van der Waals surface area contributed by atoms with Crippen LogP contribution in [0.5, 0.6) is 5.75 Å². The van der Waals surface area contributed by atoms with Gasteiger partial charge in [0.1, 0.15) is 5.75 Å². The maximum Gasteiger partial charge on any atom is 0.260 e. The summed E-state index contributed by atoms with van der Waals surface area (Å²) in [5.74, 6) is 1.44. The molecule has 4 heteroatoms. The zero-order chi connectivity index (χ0) is 13.7. The van der Waals surface area contributed by atoms with E-state index in [1.165, 1.54) is 0 Å². The van der Waals surface area contributed by atoms with Gasteiger partial charge in [0.05, 0.1) is 0 Å². The van der Waals surface area contributed by atoms with Crippen LogP contribution >= 0.6 is 0 Å². The number of carbonyl (C=O) groups is 1. The van der Waals surface area contributed by atoms with Crippen LogP contribution < -0.4 is 10.5 Å². The van der Waals surface area contributed by atoms with Gasteiger partial charge in [-0.25, -0.2) is 0 Å². The van der Waals surface area contributed by atoms with Gasteiger partial charge in [0.15, 0.2) is 6.61 Å². The lowest BCUT2D eigenvalue weighted by Crippen LogP contribution is -2.33. The van der Waals surface area contributed by atoms with Crippen LogP contribution in [0, 0.1) is 5.92 Å². The predicted octanol–water partition coefficient (Wildman–Crippen LogP) is 1.78. The van der Waals surface area contributed by atoms with Crippen molar-refractivity contribution in [2.45, 2.75) is 26.3 Å². The summed E-state index contributed by atoms with van der Waals surface area (Å²) in [7, 11) is 0. The summed E-state index contributed by atoms with van der Waals surface area (Å²) in [6.45, 7) is 4.43. The molecule has 4 nitrogen and oxygen atoms in total. The lowest BCUT2D eigenvalue weighted by molar-refractivity contribution is -0.132. The molecule has 1 aliphatic rings. The predicted molar refractivity (Wildman–Crippen MR) is 74.8 cm³/mol. The molecule has 1 fully saturated rings. The Morgan fingerprint density at radius 1 is 1.47 bits per heavy atom. The molecule has 1 aromatic carbocycles. The number of para-hydroxylation sites is 1. The van der Waals surface area contributed by atoms with E-state index in [-0.39, 0.29) is 12.5 Å². The van der Waals surface area contributed by atoms with E-state index in [1.807, 2.05) is 29.2 Å². The Morgan fingerprint density at radius 3 is 2.95 bits per heavy atom. The van der Waals surface area contributed by atoms with Gasteiger partial charge >= 0.3 is 0 Å². The summed E-state index contributed by atoms with van der Waals surface area (Å²) < 4.78 is 5.60. The van der Waals surface area contributed by atoms with Gasteiger partial charge in [-0.2, -0.15) is 0 Å². The van der Waals surface area contributed by atoms with Crippen LogP contribution in [0.15, 0.2) is 24.3 Å². The SMILES string of the molecule is CCC1CCN(C(=O)COc2ccccc2CN)C1. The third-order valence-electron chi connectivity index (χ3n) is 3.76. The molecule has 0 aromatic heterocycles. The first-order valence-corrected chi connectivity index (χ1v) is 6.93. The fourth-order valence-corrected chi connectivity index (χ4v) is 2.44. The lowest BCUT2D eigenvalue weighted by Gasteiger charge is -2.17. The van der Waals surface area contributed by atoms with Gasteiger partial charge in [0, 0.05) is 25.2 Å². The van der Waals surface area contributed by atoms with Crippen molar-refractivity contribution < 1.29 is 9.53 Å². The van der Waals surface area contributed by atoms with Crippen LogP contribution in [-0.4, -0.2) is 30.5 Å². The molecule has 1 heterocycles. The molecule has 2 N–H and O–H groups in total. The Balaban J connectivity index is 1.87. The summed E-state index contributed by atoms with van der Waals surface area (Å²) >= 11 is 0. The van der Waals surface area contributed by atoms with Crippen molar-refractivity contribution in [3.8, 4) is 5.75 Å².